The third-order valence-electron chi connectivity index (χ3n) is 2.19. The summed E-state index contributed by atoms with van der Waals surface area (Å²) in [6.45, 7) is 6.33. The van der Waals surface area contributed by atoms with Gasteiger partial charge in [-0.25, -0.2) is 4.79 Å². The summed E-state index contributed by atoms with van der Waals surface area (Å²) in [6.07, 6.45) is 4.20. The number of aryl methyl sites for hydroxylation is 1. The van der Waals surface area contributed by atoms with Crippen molar-refractivity contribution in [2.75, 3.05) is 6.61 Å². The third kappa shape index (κ3) is 5.27. The zero-order valence-electron chi connectivity index (χ0n) is 11.2. The van der Waals surface area contributed by atoms with Crippen molar-refractivity contribution in [2.24, 2.45) is 0 Å². The van der Waals surface area contributed by atoms with E-state index in [2.05, 4.69) is 10.3 Å². The summed E-state index contributed by atoms with van der Waals surface area (Å²) in [5, 5.41) is 16.3. The number of unbranched alkanes of at least 4 members (excludes halogenated alkanes) is 2. The molecular formula is C12H21N3O3. The Morgan fingerprint density at radius 2 is 2.11 bits per heavy atom. The van der Waals surface area contributed by atoms with Crippen molar-refractivity contribution in [3.05, 3.63) is 11.9 Å². The zero-order valence-corrected chi connectivity index (χ0v) is 11.2. The summed E-state index contributed by atoms with van der Waals surface area (Å²) in [5.41, 5.74) is -0.297. The second-order valence-electron chi connectivity index (χ2n) is 5.15. The van der Waals surface area contributed by atoms with E-state index in [9.17, 15) is 4.79 Å². The Bertz CT molecular complexity index is 382. The Morgan fingerprint density at radius 3 is 2.72 bits per heavy atom. The van der Waals surface area contributed by atoms with Gasteiger partial charge in [0.1, 0.15) is 5.60 Å². The largest absolute Gasteiger partial charge is 0.455 e. The molecule has 0 bridgehead atoms. The number of carbonyl (C=O) groups excluding carboxylic acids is 1. The van der Waals surface area contributed by atoms with Gasteiger partial charge in [-0.3, -0.25) is 4.68 Å². The molecule has 18 heavy (non-hydrogen) atoms. The van der Waals surface area contributed by atoms with Crippen molar-refractivity contribution in [3.63, 3.8) is 0 Å². The predicted molar refractivity (Wildman–Crippen MR) is 66.1 cm³/mol. The molecule has 1 aromatic heterocycles. The van der Waals surface area contributed by atoms with E-state index in [0.717, 1.165) is 19.3 Å². The molecule has 0 saturated heterocycles. The monoisotopic (exact) mass is 255 g/mol. The Hall–Kier alpha value is -1.43. The van der Waals surface area contributed by atoms with Crippen LogP contribution in [0.1, 0.15) is 50.5 Å². The van der Waals surface area contributed by atoms with Crippen LogP contribution in [0.25, 0.3) is 0 Å². The molecule has 0 amide bonds. The minimum atomic E-state index is -0.526. The van der Waals surface area contributed by atoms with Gasteiger partial charge >= 0.3 is 5.97 Å². The maximum atomic E-state index is 11.7. The molecule has 0 aliphatic carbocycles. The van der Waals surface area contributed by atoms with E-state index in [1.165, 1.54) is 0 Å². The quantitative estimate of drug-likeness (QED) is 0.614. The van der Waals surface area contributed by atoms with Gasteiger partial charge in [0, 0.05) is 13.2 Å². The first kappa shape index (κ1) is 14.6. The zero-order chi connectivity index (χ0) is 13.6. The highest BCUT2D eigenvalue weighted by molar-refractivity contribution is 5.86. The van der Waals surface area contributed by atoms with Crippen molar-refractivity contribution < 1.29 is 14.6 Å². The van der Waals surface area contributed by atoms with Crippen LogP contribution < -0.4 is 0 Å². The first-order valence-corrected chi connectivity index (χ1v) is 6.17. The fourth-order valence-corrected chi connectivity index (χ4v) is 1.39. The summed E-state index contributed by atoms with van der Waals surface area (Å²) in [6, 6.07) is 0. The van der Waals surface area contributed by atoms with Crippen LogP contribution in [-0.2, 0) is 11.3 Å². The van der Waals surface area contributed by atoms with E-state index in [4.69, 9.17) is 9.84 Å². The molecule has 6 heteroatoms. The lowest BCUT2D eigenvalue weighted by atomic mass is 10.2. The number of aliphatic hydroxyl groups is 1. The van der Waals surface area contributed by atoms with E-state index in [-0.39, 0.29) is 12.3 Å². The highest BCUT2D eigenvalue weighted by Gasteiger charge is 2.20. The van der Waals surface area contributed by atoms with Crippen LogP contribution in [-0.4, -0.2) is 38.3 Å². The van der Waals surface area contributed by atoms with Gasteiger partial charge in [-0.2, -0.15) is 0 Å². The number of rotatable bonds is 6. The second-order valence-corrected chi connectivity index (χ2v) is 5.15. The van der Waals surface area contributed by atoms with Crippen LogP contribution in [0.5, 0.6) is 0 Å². The number of aliphatic hydroxyl groups excluding tert-OH is 1. The predicted octanol–water partition coefficient (Wildman–Crippen LogP) is 1.40. The Balaban J connectivity index is 2.45. The molecule has 0 spiro atoms. The van der Waals surface area contributed by atoms with E-state index in [0.29, 0.717) is 6.54 Å². The normalized spacial score (nSPS) is 11.6. The summed E-state index contributed by atoms with van der Waals surface area (Å²) in [5.74, 6) is -0.455. The fourth-order valence-electron chi connectivity index (χ4n) is 1.39. The lowest BCUT2D eigenvalue weighted by Gasteiger charge is -2.18. The van der Waals surface area contributed by atoms with Crippen LogP contribution in [0.3, 0.4) is 0 Å². The van der Waals surface area contributed by atoms with E-state index in [1.54, 1.807) is 10.9 Å². The van der Waals surface area contributed by atoms with Gasteiger partial charge in [0.2, 0.25) is 0 Å². The van der Waals surface area contributed by atoms with Crippen molar-refractivity contribution >= 4 is 5.97 Å². The number of esters is 1. The van der Waals surface area contributed by atoms with Gasteiger partial charge in [-0.1, -0.05) is 5.21 Å². The van der Waals surface area contributed by atoms with Gasteiger partial charge in [0.15, 0.2) is 5.69 Å². The molecule has 1 N–H and O–H groups in total. The molecule has 0 aliphatic rings. The molecule has 0 aliphatic heterocycles. The fraction of sp³-hybridized carbons (Fsp3) is 0.750. The second kappa shape index (κ2) is 6.49. The Morgan fingerprint density at radius 1 is 1.39 bits per heavy atom. The number of hydrogen-bond donors (Lipinski definition) is 1. The number of nitrogens with zero attached hydrogens (tertiary/aromatic N) is 3. The number of carbonyl (C=O) groups is 1. The lowest BCUT2D eigenvalue weighted by molar-refractivity contribution is 0.00627. The van der Waals surface area contributed by atoms with Gasteiger partial charge in [0.25, 0.3) is 0 Å². The van der Waals surface area contributed by atoms with Crippen LogP contribution >= 0.6 is 0 Å². The minimum absolute atomic E-state index is 0.209. The van der Waals surface area contributed by atoms with Crippen LogP contribution in [0.15, 0.2) is 6.20 Å². The van der Waals surface area contributed by atoms with Crippen molar-refractivity contribution in [3.8, 4) is 0 Å². The van der Waals surface area contributed by atoms with Crippen molar-refractivity contribution in [1.29, 1.82) is 0 Å². The molecule has 0 unspecified atom stereocenters. The average molecular weight is 255 g/mol. The Kier molecular flexibility index (Phi) is 5.27. The minimum Gasteiger partial charge on any atom is -0.455 e. The summed E-state index contributed by atoms with van der Waals surface area (Å²) >= 11 is 0. The lowest BCUT2D eigenvalue weighted by Crippen LogP contribution is -2.24. The molecule has 1 rings (SSSR count). The van der Waals surface area contributed by atoms with Crippen LogP contribution in [0.2, 0.25) is 0 Å². The van der Waals surface area contributed by atoms with Crippen molar-refractivity contribution in [1.82, 2.24) is 15.0 Å². The molecule has 1 heterocycles. The van der Waals surface area contributed by atoms with E-state index < -0.39 is 11.6 Å². The van der Waals surface area contributed by atoms with Crippen molar-refractivity contribution in [2.45, 2.75) is 52.2 Å². The molecule has 0 aromatic carbocycles. The molecule has 0 fully saturated rings. The van der Waals surface area contributed by atoms with Crippen LogP contribution in [0.4, 0.5) is 0 Å². The first-order valence-electron chi connectivity index (χ1n) is 6.17. The first-order chi connectivity index (χ1) is 8.42. The molecule has 0 radical (unpaired) electrons. The third-order valence-corrected chi connectivity index (χ3v) is 2.19. The number of ether oxygens (including phenoxy) is 1. The highest BCUT2D eigenvalue weighted by Crippen LogP contribution is 2.10. The summed E-state index contributed by atoms with van der Waals surface area (Å²) in [4.78, 5) is 11.7. The molecule has 0 saturated carbocycles. The topological polar surface area (TPSA) is 77.2 Å². The van der Waals surface area contributed by atoms with Gasteiger partial charge in [-0.05, 0) is 40.0 Å². The number of hydrogen-bond acceptors (Lipinski definition) is 5. The standard InChI is InChI=1S/C12H21N3O3/c1-12(2,3)18-11(17)10-9-15(14-13-10)7-5-4-6-8-16/h9,16H,4-8H2,1-3H3. The SMILES string of the molecule is CC(C)(C)OC(=O)c1cn(CCCCCO)nn1. The summed E-state index contributed by atoms with van der Waals surface area (Å²) in [7, 11) is 0. The maximum absolute atomic E-state index is 11.7. The average Bonchev–Trinajstić information content (AvgIpc) is 2.71. The molecule has 1 aromatic rings. The smallest absolute Gasteiger partial charge is 0.361 e. The molecular weight excluding hydrogens is 234 g/mol. The Labute approximate surface area is 107 Å². The molecule has 102 valence electrons. The van der Waals surface area contributed by atoms with E-state index in [1.807, 2.05) is 20.8 Å². The van der Waals surface area contributed by atoms with Gasteiger partial charge in [-0.15, -0.1) is 5.10 Å². The summed E-state index contributed by atoms with van der Waals surface area (Å²) < 4.78 is 6.81. The molecule has 6 nitrogen and oxygen atoms in total. The maximum Gasteiger partial charge on any atom is 0.361 e. The molecule has 0 atom stereocenters. The van der Waals surface area contributed by atoms with Crippen LogP contribution in [0, 0.1) is 0 Å². The van der Waals surface area contributed by atoms with Gasteiger partial charge < -0.3 is 9.84 Å². The highest BCUT2D eigenvalue weighted by atomic mass is 16.6. The van der Waals surface area contributed by atoms with Gasteiger partial charge in [0.05, 0.1) is 6.20 Å². The van der Waals surface area contributed by atoms with E-state index >= 15 is 0 Å². The number of aromatic nitrogens is 3.